The fraction of sp³-hybridized carbons (Fsp3) is 0.333. The first-order valence-corrected chi connectivity index (χ1v) is 7.61. The van der Waals surface area contributed by atoms with Crippen molar-refractivity contribution in [1.29, 1.82) is 0 Å². The topological polar surface area (TPSA) is 215 Å². The molecule has 0 fully saturated rings. The molecule has 1 aromatic rings. The van der Waals surface area contributed by atoms with E-state index in [0.717, 1.165) is 0 Å². The summed E-state index contributed by atoms with van der Waals surface area (Å²) in [5.41, 5.74) is 21.7. The van der Waals surface area contributed by atoms with Crippen molar-refractivity contribution >= 4 is 23.8 Å². The molecule has 2 atom stereocenters. The van der Waals surface area contributed by atoms with E-state index in [-0.39, 0.29) is 37.1 Å². The number of carbonyl (C=O) groups is 2. The summed E-state index contributed by atoms with van der Waals surface area (Å²) in [6.45, 7) is -0.0245. The van der Waals surface area contributed by atoms with Gasteiger partial charge < -0.3 is 38.5 Å². The predicted molar refractivity (Wildman–Crippen MR) is 96.3 cm³/mol. The quantitative estimate of drug-likeness (QED) is 0.188. The Kier molecular flexibility index (Phi) is 7.67. The molecule has 11 heteroatoms. The molecule has 0 aliphatic rings. The maximum atomic E-state index is 12.2. The maximum absolute atomic E-state index is 12.2. The highest BCUT2D eigenvalue weighted by atomic mass is 16.4. The number of carbonyl (C=O) groups excluding carboxylic acids is 1. The zero-order valence-electron chi connectivity index (χ0n) is 14.0. The van der Waals surface area contributed by atoms with E-state index in [2.05, 4.69) is 15.3 Å². The van der Waals surface area contributed by atoms with Crippen LogP contribution in [0.5, 0.6) is 5.75 Å². The lowest BCUT2D eigenvalue weighted by Crippen LogP contribution is -2.43. The van der Waals surface area contributed by atoms with Crippen LogP contribution in [-0.2, 0) is 16.0 Å². The monoisotopic (exact) mass is 365 g/mol. The van der Waals surface area contributed by atoms with Gasteiger partial charge in [0.1, 0.15) is 11.8 Å². The van der Waals surface area contributed by atoms with Crippen molar-refractivity contribution in [3.63, 3.8) is 0 Å². The minimum atomic E-state index is -1.20. The summed E-state index contributed by atoms with van der Waals surface area (Å²) in [6.07, 6.45) is -0.156. The Labute approximate surface area is 149 Å². The van der Waals surface area contributed by atoms with Crippen molar-refractivity contribution in [3.8, 4) is 5.75 Å². The van der Waals surface area contributed by atoms with Crippen molar-refractivity contribution in [2.75, 3.05) is 6.54 Å². The fourth-order valence-corrected chi connectivity index (χ4v) is 2.11. The van der Waals surface area contributed by atoms with Crippen LogP contribution < -0.4 is 28.3 Å². The minimum absolute atomic E-state index is 0.0245. The Morgan fingerprint density at radius 1 is 1.08 bits per heavy atom. The van der Waals surface area contributed by atoms with Crippen molar-refractivity contribution in [2.45, 2.75) is 24.9 Å². The lowest BCUT2D eigenvalue weighted by Gasteiger charge is -2.16. The Balaban J connectivity index is 2.75. The molecule has 26 heavy (non-hydrogen) atoms. The van der Waals surface area contributed by atoms with E-state index in [1.165, 1.54) is 12.1 Å². The average Bonchev–Trinajstić information content (AvgIpc) is 2.53. The molecule has 1 unspecified atom stereocenters. The van der Waals surface area contributed by atoms with E-state index in [1.54, 1.807) is 12.1 Å². The number of benzene rings is 1. The molecule has 1 rings (SSSR count). The molecule has 11 nitrogen and oxygen atoms in total. The van der Waals surface area contributed by atoms with Gasteiger partial charge in [-0.15, -0.1) is 0 Å². The maximum Gasteiger partial charge on any atom is 0.326 e. The molecular weight excluding hydrogens is 342 g/mol. The number of aliphatic carboxylic acids is 1. The zero-order chi connectivity index (χ0) is 19.7. The third-order valence-corrected chi connectivity index (χ3v) is 3.25. The number of amides is 1. The molecule has 0 radical (unpaired) electrons. The number of phenolic OH excluding ortho intramolecular Hbond substituents is 1. The first-order valence-electron chi connectivity index (χ1n) is 7.61. The van der Waals surface area contributed by atoms with Gasteiger partial charge in [-0.25, -0.2) is 9.79 Å². The molecule has 0 bridgehead atoms. The smallest absolute Gasteiger partial charge is 0.326 e. The van der Waals surface area contributed by atoms with E-state index in [4.69, 9.17) is 22.9 Å². The summed E-state index contributed by atoms with van der Waals surface area (Å²) in [4.78, 5) is 31.2. The van der Waals surface area contributed by atoms with Crippen LogP contribution in [0.1, 0.15) is 12.0 Å². The summed E-state index contributed by atoms with van der Waals surface area (Å²) < 4.78 is 0. The van der Waals surface area contributed by atoms with Gasteiger partial charge in [0.2, 0.25) is 5.91 Å². The number of rotatable bonds is 9. The Hall–Kier alpha value is -3.50. The Bertz CT molecular complexity index is 680. The van der Waals surface area contributed by atoms with Gasteiger partial charge in [0.25, 0.3) is 0 Å². The second kappa shape index (κ2) is 9.71. The number of carboxylic acid groups (broad SMARTS) is 1. The largest absolute Gasteiger partial charge is 0.508 e. The molecule has 0 saturated carbocycles. The summed E-state index contributed by atoms with van der Waals surface area (Å²) in [5.74, 6) is -2.14. The molecule has 0 aromatic heterocycles. The number of nitrogens with zero attached hydrogens (tertiary/aromatic N) is 2. The van der Waals surface area contributed by atoms with E-state index in [9.17, 15) is 19.8 Å². The SMILES string of the molecule is NC(N)=NCC(CC(=O)N[C@@H](Cc1ccc(O)cc1)C(=O)O)N=C(N)N. The third kappa shape index (κ3) is 7.86. The molecule has 11 N–H and O–H groups in total. The Morgan fingerprint density at radius 2 is 1.69 bits per heavy atom. The van der Waals surface area contributed by atoms with Gasteiger partial charge in [0, 0.05) is 6.42 Å². The summed E-state index contributed by atoms with van der Waals surface area (Å²) >= 11 is 0. The number of hydrogen-bond donors (Lipinski definition) is 7. The van der Waals surface area contributed by atoms with Crippen molar-refractivity contribution in [3.05, 3.63) is 29.8 Å². The number of phenols is 1. The standard InChI is InChI=1S/C15H23N7O4/c16-14(17)20-7-9(21-15(18)19)6-12(24)22-11(13(25)26)5-8-1-3-10(23)4-2-8/h1-4,9,11,23H,5-7H2,(H,22,24)(H,25,26)(H4,16,17,20)(H4,18,19,21)/t9?,11-/m0/s1. The zero-order valence-corrected chi connectivity index (χ0v) is 14.0. The van der Waals surface area contributed by atoms with Crippen LogP contribution >= 0.6 is 0 Å². The number of aromatic hydroxyl groups is 1. The second-order valence-electron chi connectivity index (χ2n) is 5.51. The third-order valence-electron chi connectivity index (χ3n) is 3.25. The Morgan fingerprint density at radius 3 is 2.19 bits per heavy atom. The number of aliphatic imine (C=N–C) groups is 2. The summed E-state index contributed by atoms with van der Waals surface area (Å²) in [5, 5.41) is 21.0. The van der Waals surface area contributed by atoms with Gasteiger partial charge in [-0.05, 0) is 17.7 Å². The molecule has 0 spiro atoms. The molecule has 0 saturated heterocycles. The molecule has 1 amide bonds. The van der Waals surface area contributed by atoms with Gasteiger partial charge in [-0.1, -0.05) is 12.1 Å². The molecule has 0 aliphatic heterocycles. The predicted octanol–water partition coefficient (Wildman–Crippen LogP) is -2.19. The van der Waals surface area contributed by atoms with Gasteiger partial charge >= 0.3 is 5.97 Å². The highest BCUT2D eigenvalue weighted by Gasteiger charge is 2.22. The minimum Gasteiger partial charge on any atom is -0.508 e. The van der Waals surface area contributed by atoms with Gasteiger partial charge in [0.15, 0.2) is 11.9 Å². The van der Waals surface area contributed by atoms with Gasteiger partial charge in [0.05, 0.1) is 19.0 Å². The van der Waals surface area contributed by atoms with Crippen LogP contribution in [0.4, 0.5) is 0 Å². The van der Waals surface area contributed by atoms with E-state index < -0.39 is 24.0 Å². The van der Waals surface area contributed by atoms with E-state index >= 15 is 0 Å². The van der Waals surface area contributed by atoms with Gasteiger partial charge in [-0.3, -0.25) is 9.79 Å². The summed E-state index contributed by atoms with van der Waals surface area (Å²) in [6, 6.07) is 4.11. The van der Waals surface area contributed by atoms with Crippen LogP contribution in [0.3, 0.4) is 0 Å². The van der Waals surface area contributed by atoms with Crippen molar-refractivity contribution < 1.29 is 19.8 Å². The number of guanidine groups is 2. The van der Waals surface area contributed by atoms with Crippen molar-refractivity contribution in [2.24, 2.45) is 32.9 Å². The number of carboxylic acids is 1. The van der Waals surface area contributed by atoms with Crippen LogP contribution in [0.15, 0.2) is 34.3 Å². The second-order valence-corrected chi connectivity index (χ2v) is 5.51. The molecule has 1 aromatic carbocycles. The molecular formula is C15H23N7O4. The number of hydrogen-bond acceptors (Lipinski definition) is 5. The van der Waals surface area contributed by atoms with Crippen LogP contribution in [0, 0.1) is 0 Å². The highest BCUT2D eigenvalue weighted by molar-refractivity contribution is 5.84. The molecule has 0 aliphatic carbocycles. The molecule has 142 valence electrons. The van der Waals surface area contributed by atoms with Gasteiger partial charge in [-0.2, -0.15) is 0 Å². The number of nitrogens with one attached hydrogen (secondary N) is 1. The molecule has 0 heterocycles. The first kappa shape index (κ1) is 20.5. The summed E-state index contributed by atoms with van der Waals surface area (Å²) in [7, 11) is 0. The fourth-order valence-electron chi connectivity index (χ4n) is 2.11. The average molecular weight is 365 g/mol. The highest BCUT2D eigenvalue weighted by Crippen LogP contribution is 2.11. The first-order chi connectivity index (χ1) is 12.2. The van der Waals surface area contributed by atoms with Crippen molar-refractivity contribution in [1.82, 2.24) is 5.32 Å². The van der Waals surface area contributed by atoms with Crippen LogP contribution in [0.2, 0.25) is 0 Å². The normalized spacial score (nSPS) is 12.5. The lowest BCUT2D eigenvalue weighted by atomic mass is 10.1. The van der Waals surface area contributed by atoms with Crippen LogP contribution in [0.25, 0.3) is 0 Å². The van der Waals surface area contributed by atoms with Crippen LogP contribution in [-0.4, -0.2) is 52.6 Å². The van der Waals surface area contributed by atoms with E-state index in [0.29, 0.717) is 5.56 Å². The number of nitrogens with two attached hydrogens (primary N) is 4. The van der Waals surface area contributed by atoms with E-state index in [1.807, 2.05) is 0 Å². The lowest BCUT2D eigenvalue weighted by molar-refractivity contribution is -0.141.